The lowest BCUT2D eigenvalue weighted by molar-refractivity contribution is 0.978. The minimum absolute atomic E-state index is 0.133. The molecule has 1 N–H and O–H groups in total. The van der Waals surface area contributed by atoms with Crippen LogP contribution < -0.4 is 0 Å². The van der Waals surface area contributed by atoms with Gasteiger partial charge in [0.2, 0.25) is 0 Å². The fourth-order valence-electron chi connectivity index (χ4n) is 2.56. The average molecular weight is 330 g/mol. The normalized spacial score (nSPS) is 11.9. The van der Waals surface area contributed by atoms with Crippen LogP contribution in [-0.2, 0) is 0 Å². The summed E-state index contributed by atoms with van der Waals surface area (Å²) < 4.78 is 0. The summed E-state index contributed by atoms with van der Waals surface area (Å²) in [6.07, 6.45) is 7.11. The summed E-state index contributed by atoms with van der Waals surface area (Å²) in [6, 6.07) is 8.10. The molecule has 0 radical (unpaired) electrons. The van der Waals surface area contributed by atoms with E-state index in [-0.39, 0.29) is 5.92 Å². The molecule has 24 heavy (non-hydrogen) atoms. The van der Waals surface area contributed by atoms with Crippen molar-refractivity contribution in [2.75, 3.05) is 0 Å². The van der Waals surface area contributed by atoms with E-state index in [1.54, 1.807) is 23.9 Å². The lowest BCUT2D eigenvalue weighted by Crippen LogP contribution is -1.87. The number of aromatic nitrogens is 4. The molecule has 116 valence electrons. The van der Waals surface area contributed by atoms with E-state index in [1.807, 2.05) is 29.9 Å². The van der Waals surface area contributed by atoms with Crippen LogP contribution in [0.4, 0.5) is 0 Å². The molecule has 4 aromatic rings. The summed E-state index contributed by atoms with van der Waals surface area (Å²) in [7, 11) is 0. The van der Waals surface area contributed by atoms with Crippen LogP contribution in [0.2, 0.25) is 0 Å². The Bertz CT molecular complexity index is 1020. The number of rotatable bonds is 2. The fourth-order valence-corrected chi connectivity index (χ4v) is 3.21. The van der Waals surface area contributed by atoms with Crippen molar-refractivity contribution < 1.29 is 0 Å². The predicted molar refractivity (Wildman–Crippen MR) is 96.7 cm³/mol. The molecular weight excluding hydrogens is 316 g/mol. The van der Waals surface area contributed by atoms with Gasteiger partial charge in [-0.3, -0.25) is 0 Å². The highest BCUT2D eigenvalue weighted by atomic mass is 32.1. The lowest BCUT2D eigenvalue weighted by atomic mass is 10.1. The van der Waals surface area contributed by atoms with Gasteiger partial charge >= 0.3 is 0 Å². The van der Waals surface area contributed by atoms with Crippen molar-refractivity contribution in [3.63, 3.8) is 0 Å². The third-order valence-corrected chi connectivity index (χ3v) is 4.75. The largest absolute Gasteiger partial charge is 0.360 e. The Labute approximate surface area is 143 Å². The molecule has 3 heterocycles. The van der Waals surface area contributed by atoms with Crippen molar-refractivity contribution in [1.82, 2.24) is 19.9 Å². The average Bonchev–Trinajstić information content (AvgIpc) is 3.30. The van der Waals surface area contributed by atoms with Gasteiger partial charge in [0.05, 0.1) is 11.6 Å². The summed E-state index contributed by atoms with van der Waals surface area (Å²) >= 11 is 1.64. The second-order valence-corrected chi connectivity index (χ2v) is 6.34. The van der Waals surface area contributed by atoms with Gasteiger partial charge in [-0.15, -0.1) is 11.3 Å². The Morgan fingerprint density at radius 1 is 1.17 bits per heavy atom. The monoisotopic (exact) mass is 330 g/mol. The predicted octanol–water partition coefficient (Wildman–Crippen LogP) is 4.24. The Morgan fingerprint density at radius 3 is 2.92 bits per heavy atom. The van der Waals surface area contributed by atoms with E-state index in [4.69, 9.17) is 0 Å². The van der Waals surface area contributed by atoms with Crippen LogP contribution in [0, 0.1) is 11.8 Å². The number of hydrogen-bond donors (Lipinski definition) is 1. The van der Waals surface area contributed by atoms with Gasteiger partial charge in [0.25, 0.3) is 0 Å². The first kappa shape index (κ1) is 14.6. The van der Waals surface area contributed by atoms with Crippen molar-refractivity contribution in [1.29, 1.82) is 0 Å². The molecule has 0 aliphatic carbocycles. The molecule has 1 unspecified atom stereocenters. The summed E-state index contributed by atoms with van der Waals surface area (Å²) in [5.74, 6) is 6.68. The molecule has 0 aliphatic heterocycles. The number of thiazole rings is 1. The van der Waals surface area contributed by atoms with Gasteiger partial charge in [0, 0.05) is 46.0 Å². The maximum atomic E-state index is 4.33. The fraction of sp³-hybridized carbons (Fsp3) is 0.105. The van der Waals surface area contributed by atoms with E-state index in [0.717, 1.165) is 32.7 Å². The van der Waals surface area contributed by atoms with Crippen LogP contribution in [0.15, 0.2) is 54.6 Å². The number of nitrogens with one attached hydrogen (secondary N) is 1. The van der Waals surface area contributed by atoms with Crippen molar-refractivity contribution in [3.05, 3.63) is 65.1 Å². The molecule has 0 amide bonds. The Kier molecular flexibility index (Phi) is 3.81. The zero-order valence-corrected chi connectivity index (χ0v) is 13.8. The van der Waals surface area contributed by atoms with Crippen LogP contribution in [0.1, 0.15) is 23.4 Å². The van der Waals surface area contributed by atoms with Crippen molar-refractivity contribution in [2.24, 2.45) is 0 Å². The molecule has 0 saturated carbocycles. The molecular formula is C19H14N4S. The van der Waals surface area contributed by atoms with E-state index in [9.17, 15) is 0 Å². The third-order valence-electron chi connectivity index (χ3n) is 3.79. The van der Waals surface area contributed by atoms with Crippen molar-refractivity contribution >= 4 is 22.2 Å². The molecule has 3 aromatic heterocycles. The van der Waals surface area contributed by atoms with Crippen molar-refractivity contribution in [3.8, 4) is 23.1 Å². The summed E-state index contributed by atoms with van der Waals surface area (Å²) in [5, 5.41) is 4.14. The second kappa shape index (κ2) is 6.26. The van der Waals surface area contributed by atoms with E-state index in [0.29, 0.717) is 0 Å². The first-order valence-corrected chi connectivity index (χ1v) is 8.47. The number of H-pyrrole nitrogens is 1. The zero-order valence-electron chi connectivity index (χ0n) is 13.0. The van der Waals surface area contributed by atoms with E-state index in [1.165, 1.54) is 0 Å². The first-order chi connectivity index (χ1) is 11.8. The smallest absolute Gasteiger partial charge is 0.116 e. The van der Waals surface area contributed by atoms with Gasteiger partial charge in [-0.05, 0) is 31.2 Å². The first-order valence-electron chi connectivity index (χ1n) is 7.60. The highest BCUT2D eigenvalue weighted by Gasteiger charge is 2.08. The Balaban J connectivity index is 1.71. The number of nitrogens with zero attached hydrogens (tertiary/aromatic N) is 3. The molecule has 1 atom stereocenters. The van der Waals surface area contributed by atoms with Gasteiger partial charge < -0.3 is 4.98 Å². The minimum Gasteiger partial charge on any atom is -0.360 e. The highest BCUT2D eigenvalue weighted by Crippen LogP contribution is 2.27. The molecule has 4 nitrogen and oxygen atoms in total. The molecule has 4 rings (SSSR count). The van der Waals surface area contributed by atoms with E-state index in [2.05, 4.69) is 50.8 Å². The number of fused-ring (bicyclic) bond motifs is 1. The molecule has 0 bridgehead atoms. The van der Waals surface area contributed by atoms with E-state index >= 15 is 0 Å². The minimum atomic E-state index is 0.133. The number of benzene rings is 1. The standard InChI is InChI=1S/C19H14N4S/c1-13(19-21-8-9-24-19)2-3-14-4-5-17-15(10-14)16(11-22-17)18-6-7-20-12-23-18/h4-13,22H,1H3. The SMILES string of the molecule is CC(C#Cc1ccc2[nH]cc(-c3ccncn3)c2c1)c1nccs1. The zero-order chi connectivity index (χ0) is 16.4. The summed E-state index contributed by atoms with van der Waals surface area (Å²) in [4.78, 5) is 15.9. The molecule has 5 heteroatoms. The van der Waals surface area contributed by atoms with Crippen LogP contribution in [0.3, 0.4) is 0 Å². The maximum Gasteiger partial charge on any atom is 0.116 e. The van der Waals surface area contributed by atoms with Crippen LogP contribution in [0.5, 0.6) is 0 Å². The molecule has 0 fully saturated rings. The van der Waals surface area contributed by atoms with Gasteiger partial charge in [0.15, 0.2) is 0 Å². The molecule has 0 aliphatic rings. The Hall–Kier alpha value is -2.97. The van der Waals surface area contributed by atoms with Crippen LogP contribution >= 0.6 is 11.3 Å². The lowest BCUT2D eigenvalue weighted by Gasteiger charge is -1.99. The van der Waals surface area contributed by atoms with Gasteiger partial charge in [-0.2, -0.15) is 0 Å². The number of aromatic amines is 1. The second-order valence-electron chi connectivity index (χ2n) is 5.42. The molecule has 0 spiro atoms. The third kappa shape index (κ3) is 2.80. The topological polar surface area (TPSA) is 54.5 Å². The number of hydrogen-bond acceptors (Lipinski definition) is 4. The van der Waals surface area contributed by atoms with Gasteiger partial charge in [0.1, 0.15) is 11.3 Å². The maximum absolute atomic E-state index is 4.33. The highest BCUT2D eigenvalue weighted by molar-refractivity contribution is 7.09. The van der Waals surface area contributed by atoms with Gasteiger partial charge in [-0.1, -0.05) is 11.8 Å². The molecule has 0 saturated heterocycles. The van der Waals surface area contributed by atoms with Crippen LogP contribution in [0.25, 0.3) is 22.2 Å². The summed E-state index contributed by atoms with van der Waals surface area (Å²) in [6.45, 7) is 2.08. The van der Waals surface area contributed by atoms with Crippen molar-refractivity contribution in [2.45, 2.75) is 12.8 Å². The van der Waals surface area contributed by atoms with E-state index < -0.39 is 0 Å². The van der Waals surface area contributed by atoms with Crippen LogP contribution in [-0.4, -0.2) is 19.9 Å². The quantitative estimate of drug-likeness (QED) is 0.559. The Morgan fingerprint density at radius 2 is 2.12 bits per heavy atom. The van der Waals surface area contributed by atoms with Gasteiger partial charge in [-0.25, -0.2) is 15.0 Å². The summed E-state index contributed by atoms with van der Waals surface area (Å²) in [5.41, 5.74) is 4.02. The molecule has 1 aromatic carbocycles.